The van der Waals surface area contributed by atoms with Gasteiger partial charge in [0.05, 0.1) is 0 Å². The lowest BCUT2D eigenvalue weighted by Crippen LogP contribution is -2.31. The molecule has 1 saturated carbocycles. The summed E-state index contributed by atoms with van der Waals surface area (Å²) in [7, 11) is 0. The van der Waals surface area contributed by atoms with E-state index in [1.165, 1.54) is 24.8 Å². The van der Waals surface area contributed by atoms with E-state index < -0.39 is 0 Å². The van der Waals surface area contributed by atoms with Crippen LogP contribution in [0.15, 0.2) is 24.3 Å². The third-order valence-electron chi connectivity index (χ3n) is 3.16. The van der Waals surface area contributed by atoms with Gasteiger partial charge >= 0.3 is 0 Å². The Hall–Kier alpha value is -1.02. The van der Waals surface area contributed by atoms with E-state index in [4.69, 9.17) is 11.5 Å². The van der Waals surface area contributed by atoms with Crippen molar-refractivity contribution >= 4 is 5.69 Å². The number of benzene rings is 1. The van der Waals surface area contributed by atoms with Crippen LogP contribution in [0.5, 0.6) is 0 Å². The van der Waals surface area contributed by atoms with Crippen molar-refractivity contribution in [2.24, 2.45) is 5.73 Å². The van der Waals surface area contributed by atoms with Gasteiger partial charge < -0.3 is 11.5 Å². The van der Waals surface area contributed by atoms with E-state index in [9.17, 15) is 0 Å². The van der Waals surface area contributed by atoms with Crippen molar-refractivity contribution in [3.8, 4) is 0 Å². The van der Waals surface area contributed by atoms with Crippen LogP contribution in [0.1, 0.15) is 37.2 Å². The summed E-state index contributed by atoms with van der Waals surface area (Å²) in [6.07, 6.45) is 4.94. The third-order valence-corrected chi connectivity index (χ3v) is 3.16. The van der Waals surface area contributed by atoms with E-state index in [0.29, 0.717) is 12.0 Å². The Morgan fingerprint density at radius 1 is 1.14 bits per heavy atom. The molecule has 1 aliphatic carbocycles. The van der Waals surface area contributed by atoms with Gasteiger partial charge in [0.2, 0.25) is 0 Å². The van der Waals surface area contributed by atoms with Crippen LogP contribution in [0, 0.1) is 0 Å². The molecule has 2 heteroatoms. The quantitative estimate of drug-likeness (QED) is 0.667. The lowest BCUT2D eigenvalue weighted by molar-refractivity contribution is 0.385. The molecule has 76 valence electrons. The van der Waals surface area contributed by atoms with Crippen LogP contribution in [0.3, 0.4) is 0 Å². The fourth-order valence-electron chi connectivity index (χ4n) is 2.36. The first-order valence-electron chi connectivity index (χ1n) is 5.38. The molecule has 0 spiro atoms. The molecule has 4 N–H and O–H groups in total. The smallest absolute Gasteiger partial charge is 0.0316 e. The Morgan fingerprint density at radius 3 is 2.64 bits per heavy atom. The highest BCUT2D eigenvalue weighted by Gasteiger charge is 2.22. The third kappa shape index (κ3) is 1.90. The SMILES string of the molecule is Nc1cccc([C@@H]2CCCC[C@@H]2N)c1. The van der Waals surface area contributed by atoms with Gasteiger partial charge in [-0.3, -0.25) is 0 Å². The molecule has 14 heavy (non-hydrogen) atoms. The standard InChI is InChI=1S/C12H18N2/c13-10-5-3-4-9(8-10)11-6-1-2-7-12(11)14/h3-5,8,11-12H,1-2,6-7,13-14H2/t11-,12-/m0/s1. The Labute approximate surface area is 85.3 Å². The minimum absolute atomic E-state index is 0.325. The molecule has 1 fully saturated rings. The zero-order valence-electron chi connectivity index (χ0n) is 8.45. The second-order valence-electron chi connectivity index (χ2n) is 4.22. The lowest BCUT2D eigenvalue weighted by atomic mass is 9.80. The van der Waals surface area contributed by atoms with Crippen LogP contribution in [0.25, 0.3) is 0 Å². The molecule has 0 aliphatic heterocycles. The van der Waals surface area contributed by atoms with Gasteiger partial charge in [-0.05, 0) is 36.5 Å². The van der Waals surface area contributed by atoms with Crippen LogP contribution in [-0.4, -0.2) is 6.04 Å². The van der Waals surface area contributed by atoms with Gasteiger partial charge in [0.1, 0.15) is 0 Å². The van der Waals surface area contributed by atoms with E-state index in [1.807, 2.05) is 12.1 Å². The first-order valence-corrected chi connectivity index (χ1v) is 5.38. The number of nitrogen functional groups attached to an aromatic ring is 1. The lowest BCUT2D eigenvalue weighted by Gasteiger charge is -2.29. The van der Waals surface area contributed by atoms with Crippen molar-refractivity contribution in [3.05, 3.63) is 29.8 Å². The molecule has 2 atom stereocenters. The predicted octanol–water partition coefficient (Wildman–Crippen LogP) is 2.25. The summed E-state index contributed by atoms with van der Waals surface area (Å²) in [5.41, 5.74) is 14.1. The average Bonchev–Trinajstić information content (AvgIpc) is 2.18. The Balaban J connectivity index is 2.20. The van der Waals surface area contributed by atoms with Gasteiger partial charge in [-0.2, -0.15) is 0 Å². The van der Waals surface area contributed by atoms with Crippen molar-refractivity contribution in [1.29, 1.82) is 0 Å². The number of hydrogen-bond donors (Lipinski definition) is 2. The maximum absolute atomic E-state index is 6.12. The molecule has 0 amide bonds. The van der Waals surface area contributed by atoms with Gasteiger partial charge in [-0.15, -0.1) is 0 Å². The van der Waals surface area contributed by atoms with Gasteiger partial charge in [0, 0.05) is 11.7 Å². The molecule has 0 radical (unpaired) electrons. The van der Waals surface area contributed by atoms with Gasteiger partial charge in [-0.1, -0.05) is 25.0 Å². The van der Waals surface area contributed by atoms with Crippen molar-refractivity contribution in [1.82, 2.24) is 0 Å². The van der Waals surface area contributed by atoms with E-state index in [2.05, 4.69) is 12.1 Å². The molecule has 0 saturated heterocycles. The van der Waals surface area contributed by atoms with Crippen molar-refractivity contribution in [2.75, 3.05) is 5.73 Å². The van der Waals surface area contributed by atoms with Crippen LogP contribution >= 0.6 is 0 Å². The fourth-order valence-corrected chi connectivity index (χ4v) is 2.36. The normalized spacial score (nSPS) is 27.5. The second-order valence-corrected chi connectivity index (χ2v) is 4.22. The summed E-state index contributed by atoms with van der Waals surface area (Å²) in [6, 6.07) is 8.48. The summed E-state index contributed by atoms with van der Waals surface area (Å²) in [6.45, 7) is 0. The summed E-state index contributed by atoms with van der Waals surface area (Å²) in [4.78, 5) is 0. The number of anilines is 1. The highest BCUT2D eigenvalue weighted by atomic mass is 14.7. The van der Waals surface area contributed by atoms with Crippen molar-refractivity contribution in [2.45, 2.75) is 37.6 Å². The first kappa shape index (κ1) is 9.53. The summed E-state index contributed by atoms with van der Waals surface area (Å²) in [5.74, 6) is 0.521. The Kier molecular flexibility index (Phi) is 2.73. The largest absolute Gasteiger partial charge is 0.399 e. The monoisotopic (exact) mass is 190 g/mol. The van der Waals surface area contributed by atoms with E-state index in [-0.39, 0.29) is 0 Å². The highest BCUT2D eigenvalue weighted by Crippen LogP contribution is 2.32. The summed E-state index contributed by atoms with van der Waals surface area (Å²) in [5, 5.41) is 0. The first-order chi connectivity index (χ1) is 6.77. The van der Waals surface area contributed by atoms with Crippen LogP contribution in [0.4, 0.5) is 5.69 Å². The molecule has 1 aromatic rings. The van der Waals surface area contributed by atoms with Crippen LogP contribution in [-0.2, 0) is 0 Å². The molecule has 1 aliphatic rings. The number of hydrogen-bond acceptors (Lipinski definition) is 2. The minimum Gasteiger partial charge on any atom is -0.399 e. The highest BCUT2D eigenvalue weighted by molar-refractivity contribution is 5.42. The Bertz CT molecular complexity index is 309. The van der Waals surface area contributed by atoms with Crippen LogP contribution < -0.4 is 11.5 Å². The molecular weight excluding hydrogens is 172 g/mol. The fraction of sp³-hybridized carbons (Fsp3) is 0.500. The molecule has 0 aromatic heterocycles. The average molecular weight is 190 g/mol. The number of nitrogens with two attached hydrogens (primary N) is 2. The van der Waals surface area contributed by atoms with Gasteiger partial charge in [0.25, 0.3) is 0 Å². The molecule has 0 unspecified atom stereocenters. The Morgan fingerprint density at radius 2 is 1.93 bits per heavy atom. The van der Waals surface area contributed by atoms with Crippen LogP contribution in [0.2, 0.25) is 0 Å². The maximum atomic E-state index is 6.12. The molecular formula is C12H18N2. The summed E-state index contributed by atoms with van der Waals surface area (Å²) >= 11 is 0. The zero-order valence-corrected chi connectivity index (χ0v) is 8.45. The second kappa shape index (κ2) is 4.01. The van der Waals surface area contributed by atoms with E-state index in [0.717, 1.165) is 12.1 Å². The molecule has 1 aromatic carbocycles. The number of rotatable bonds is 1. The predicted molar refractivity (Wildman–Crippen MR) is 60.0 cm³/mol. The maximum Gasteiger partial charge on any atom is 0.0316 e. The van der Waals surface area contributed by atoms with Crippen molar-refractivity contribution < 1.29 is 0 Å². The molecule has 0 bridgehead atoms. The van der Waals surface area contributed by atoms with Gasteiger partial charge in [-0.25, -0.2) is 0 Å². The molecule has 2 rings (SSSR count). The van der Waals surface area contributed by atoms with E-state index in [1.54, 1.807) is 0 Å². The molecule has 2 nitrogen and oxygen atoms in total. The topological polar surface area (TPSA) is 52.0 Å². The zero-order chi connectivity index (χ0) is 9.97. The van der Waals surface area contributed by atoms with Crippen molar-refractivity contribution in [3.63, 3.8) is 0 Å². The van der Waals surface area contributed by atoms with Gasteiger partial charge in [0.15, 0.2) is 0 Å². The minimum atomic E-state index is 0.325. The molecule has 0 heterocycles. The van der Waals surface area contributed by atoms with E-state index >= 15 is 0 Å². The summed E-state index contributed by atoms with van der Waals surface area (Å²) < 4.78 is 0.